The van der Waals surface area contributed by atoms with Crippen LogP contribution in [0, 0.1) is 11.8 Å². The summed E-state index contributed by atoms with van der Waals surface area (Å²) in [6, 6.07) is 5.09. The Kier molecular flexibility index (Phi) is 10.7. The average molecular weight is 693 g/mol. The van der Waals surface area contributed by atoms with Crippen LogP contribution in [-0.2, 0) is 19.1 Å². The van der Waals surface area contributed by atoms with E-state index in [0.717, 1.165) is 38.5 Å². The SMILES string of the molecule is CCOc1cc(O[C@@H]2C[C@H]3C(=O)N[C@]4(C(=O)O)CC4C=CCC[C@H](C)CC[C@H](NC(=O)OC4CCCC4)C(=O)N3C2)c2ccc(OC)cc2n1. The fourth-order valence-electron chi connectivity index (χ4n) is 7.45. The van der Waals surface area contributed by atoms with Crippen LogP contribution in [0.2, 0.25) is 0 Å². The Balaban J connectivity index is 1.31. The number of nitrogens with zero attached hydrogens (tertiary/aromatic N) is 2. The molecule has 0 bridgehead atoms. The number of carbonyl (C=O) groups is 4. The molecule has 13 heteroatoms. The van der Waals surface area contributed by atoms with Gasteiger partial charge in [-0.1, -0.05) is 19.1 Å². The Labute approximate surface area is 292 Å². The van der Waals surface area contributed by atoms with Crippen LogP contribution < -0.4 is 24.8 Å². The third kappa shape index (κ3) is 7.76. The maximum atomic E-state index is 14.5. The molecular formula is C37H48N4O9. The van der Waals surface area contributed by atoms with Gasteiger partial charge in [-0.2, -0.15) is 0 Å². The molecule has 1 aromatic heterocycles. The number of carbonyl (C=O) groups excluding carboxylic acids is 3. The first-order valence-electron chi connectivity index (χ1n) is 17.9. The summed E-state index contributed by atoms with van der Waals surface area (Å²) in [6.07, 6.45) is 8.91. The number of aromatic nitrogens is 1. The molecule has 4 aliphatic rings. The second kappa shape index (κ2) is 15.1. The summed E-state index contributed by atoms with van der Waals surface area (Å²) in [6.45, 7) is 4.37. The van der Waals surface area contributed by atoms with Crippen LogP contribution in [0.1, 0.15) is 78.1 Å². The lowest BCUT2D eigenvalue weighted by Gasteiger charge is -2.30. The van der Waals surface area contributed by atoms with Crippen molar-refractivity contribution in [2.24, 2.45) is 11.8 Å². The van der Waals surface area contributed by atoms with E-state index in [4.69, 9.17) is 18.9 Å². The minimum Gasteiger partial charge on any atom is -0.497 e. The van der Waals surface area contributed by atoms with E-state index in [0.29, 0.717) is 47.7 Å². The third-order valence-corrected chi connectivity index (χ3v) is 10.4. The predicted molar refractivity (Wildman–Crippen MR) is 183 cm³/mol. The molecule has 13 nitrogen and oxygen atoms in total. The lowest BCUT2D eigenvalue weighted by Crippen LogP contribution is -2.56. The maximum Gasteiger partial charge on any atom is 0.408 e. The molecule has 6 atom stereocenters. The minimum absolute atomic E-state index is 0.0374. The van der Waals surface area contributed by atoms with Gasteiger partial charge in [-0.15, -0.1) is 0 Å². The number of fused-ring (bicyclic) bond motifs is 3. The van der Waals surface area contributed by atoms with Crippen LogP contribution in [0.5, 0.6) is 17.4 Å². The largest absolute Gasteiger partial charge is 0.497 e. The van der Waals surface area contributed by atoms with Crippen molar-refractivity contribution >= 4 is 34.8 Å². The molecule has 2 aromatic rings. The topological polar surface area (TPSA) is 166 Å². The number of carboxylic acid groups (broad SMARTS) is 1. The Morgan fingerprint density at radius 2 is 1.90 bits per heavy atom. The van der Waals surface area contributed by atoms with Crippen LogP contribution in [0.3, 0.4) is 0 Å². The van der Waals surface area contributed by atoms with E-state index in [1.807, 2.05) is 25.1 Å². The van der Waals surface area contributed by atoms with Gasteiger partial charge in [-0.3, -0.25) is 9.59 Å². The molecule has 1 unspecified atom stereocenters. The molecule has 1 saturated heterocycles. The van der Waals surface area contributed by atoms with Crippen LogP contribution >= 0.6 is 0 Å². The summed E-state index contributed by atoms with van der Waals surface area (Å²) < 4.78 is 23.3. The Morgan fingerprint density at radius 3 is 2.64 bits per heavy atom. The van der Waals surface area contributed by atoms with Crippen LogP contribution in [0.15, 0.2) is 36.4 Å². The van der Waals surface area contributed by atoms with E-state index in [9.17, 15) is 24.3 Å². The van der Waals surface area contributed by atoms with E-state index in [1.54, 1.807) is 25.3 Å². The molecule has 6 rings (SSSR count). The van der Waals surface area contributed by atoms with Crippen molar-refractivity contribution in [2.45, 2.75) is 108 Å². The minimum atomic E-state index is -1.44. The highest BCUT2D eigenvalue weighted by Gasteiger charge is 2.61. The van der Waals surface area contributed by atoms with Crippen molar-refractivity contribution in [1.82, 2.24) is 20.5 Å². The Morgan fingerprint density at radius 1 is 1.10 bits per heavy atom. The molecule has 3 N–H and O–H groups in total. The number of carboxylic acids is 1. The summed E-state index contributed by atoms with van der Waals surface area (Å²) in [5, 5.41) is 16.5. The highest BCUT2D eigenvalue weighted by Crippen LogP contribution is 2.45. The zero-order chi connectivity index (χ0) is 35.4. The number of pyridine rings is 1. The second-order valence-electron chi connectivity index (χ2n) is 14.0. The van der Waals surface area contributed by atoms with Crippen LogP contribution in [-0.4, -0.2) is 89.0 Å². The lowest BCUT2D eigenvalue weighted by molar-refractivity contribution is -0.145. The lowest BCUT2D eigenvalue weighted by atomic mass is 9.96. The molecule has 0 radical (unpaired) electrons. The molecule has 3 amide bonds. The van der Waals surface area contributed by atoms with Gasteiger partial charge in [0.15, 0.2) is 0 Å². The Bertz CT molecular complexity index is 1630. The van der Waals surface area contributed by atoms with Gasteiger partial charge in [0.25, 0.3) is 0 Å². The quantitative estimate of drug-likeness (QED) is 0.329. The summed E-state index contributed by atoms with van der Waals surface area (Å²) in [7, 11) is 1.57. The molecule has 3 fully saturated rings. The van der Waals surface area contributed by atoms with Gasteiger partial charge >= 0.3 is 12.1 Å². The number of hydrogen-bond donors (Lipinski definition) is 3. The molecule has 1 aromatic carbocycles. The van der Waals surface area contributed by atoms with Crippen molar-refractivity contribution in [2.75, 3.05) is 20.3 Å². The van der Waals surface area contributed by atoms with Gasteiger partial charge < -0.3 is 39.6 Å². The highest BCUT2D eigenvalue weighted by molar-refractivity contribution is 5.96. The zero-order valence-electron chi connectivity index (χ0n) is 29.0. The first-order valence-corrected chi connectivity index (χ1v) is 17.9. The first kappa shape index (κ1) is 35.3. The number of allylic oxidation sites excluding steroid dienone is 1. The normalized spacial score (nSPS) is 28.9. The fourth-order valence-corrected chi connectivity index (χ4v) is 7.45. The number of hydrogen-bond acceptors (Lipinski definition) is 9. The molecule has 2 saturated carbocycles. The second-order valence-corrected chi connectivity index (χ2v) is 14.0. The van der Waals surface area contributed by atoms with Gasteiger partial charge in [0.1, 0.15) is 41.3 Å². The molecule has 270 valence electrons. The Hall–Kier alpha value is -4.55. The summed E-state index contributed by atoms with van der Waals surface area (Å²) in [5.41, 5.74) is -0.856. The zero-order valence-corrected chi connectivity index (χ0v) is 29.0. The number of rotatable bonds is 8. The van der Waals surface area contributed by atoms with E-state index in [-0.39, 0.29) is 37.3 Å². The van der Waals surface area contributed by atoms with Crippen LogP contribution in [0.4, 0.5) is 4.79 Å². The number of aliphatic carboxylic acids is 1. The maximum absolute atomic E-state index is 14.5. The van der Waals surface area contributed by atoms with Gasteiger partial charge in [0.05, 0.1) is 25.8 Å². The first-order chi connectivity index (χ1) is 24.1. The van der Waals surface area contributed by atoms with Crippen molar-refractivity contribution in [3.05, 3.63) is 36.4 Å². The number of methoxy groups -OCH3 is 1. The molecule has 2 aliphatic carbocycles. The standard InChI is InChI=1S/C37H48N4O9/c1-4-48-32-19-31(27-15-14-25(47-3)17-29(27)38-32)49-26-18-30-33(42)40-37(35(44)45)20-23(37)10-6-5-9-22(2)13-16-28(34(43)41(30)21-26)39-36(46)50-24-11-7-8-12-24/h6,10,14-15,17,19,22-24,26,28,30H,4-5,7-9,11-13,16,18,20-21H2,1-3H3,(H,39,46)(H,40,42)(H,44,45)/t22-,23?,26+,28-,30-,37+/m0/s1. The van der Waals surface area contributed by atoms with Crippen LogP contribution in [0.25, 0.3) is 10.9 Å². The molecule has 0 spiro atoms. The molecule has 3 heterocycles. The third-order valence-electron chi connectivity index (χ3n) is 10.4. The van der Waals surface area contributed by atoms with Gasteiger partial charge in [-0.05, 0) is 82.8 Å². The fraction of sp³-hybridized carbons (Fsp3) is 0.595. The molecule has 2 aliphatic heterocycles. The monoisotopic (exact) mass is 692 g/mol. The van der Waals surface area contributed by atoms with Gasteiger partial charge in [-0.25, -0.2) is 14.6 Å². The van der Waals surface area contributed by atoms with E-state index < -0.39 is 47.6 Å². The summed E-state index contributed by atoms with van der Waals surface area (Å²) in [5.74, 6) is -0.816. The number of benzene rings is 1. The smallest absolute Gasteiger partial charge is 0.408 e. The average Bonchev–Trinajstić information content (AvgIpc) is 3.36. The number of amides is 3. The van der Waals surface area contributed by atoms with Gasteiger partial charge in [0, 0.05) is 29.9 Å². The summed E-state index contributed by atoms with van der Waals surface area (Å²) in [4.78, 5) is 60.1. The summed E-state index contributed by atoms with van der Waals surface area (Å²) >= 11 is 0. The highest BCUT2D eigenvalue weighted by atomic mass is 16.6. The van der Waals surface area contributed by atoms with Crippen molar-refractivity contribution in [3.8, 4) is 17.4 Å². The van der Waals surface area contributed by atoms with Crippen molar-refractivity contribution in [3.63, 3.8) is 0 Å². The number of nitrogens with one attached hydrogen (secondary N) is 2. The predicted octanol–water partition coefficient (Wildman–Crippen LogP) is 4.75. The number of ether oxygens (including phenoxy) is 4. The molecular weight excluding hydrogens is 644 g/mol. The van der Waals surface area contributed by atoms with Crippen molar-refractivity contribution in [1.29, 1.82) is 0 Å². The van der Waals surface area contributed by atoms with E-state index in [2.05, 4.69) is 22.5 Å². The van der Waals surface area contributed by atoms with E-state index in [1.165, 1.54) is 4.90 Å². The van der Waals surface area contributed by atoms with Gasteiger partial charge in [0.2, 0.25) is 17.7 Å². The van der Waals surface area contributed by atoms with E-state index >= 15 is 0 Å². The molecule has 50 heavy (non-hydrogen) atoms. The van der Waals surface area contributed by atoms with Crippen molar-refractivity contribution < 1.29 is 43.2 Å². The number of alkyl carbamates (subject to hydrolysis) is 1.